The first-order chi connectivity index (χ1) is 11.7. The van der Waals surface area contributed by atoms with Crippen molar-refractivity contribution in [2.45, 2.75) is 27.3 Å². The highest BCUT2D eigenvalue weighted by atomic mass is 16.5. The molecule has 0 unspecified atom stereocenters. The SMILES string of the molecule is C=C/C(=C\C(=C)C(C)(C)C)Cn1cc(C(N)=O)c2ccc(OC)cc21. The van der Waals surface area contributed by atoms with E-state index in [0.717, 1.165) is 27.8 Å². The normalized spacial score (nSPS) is 12.2. The van der Waals surface area contributed by atoms with Crippen LogP contribution in [0, 0.1) is 5.41 Å². The van der Waals surface area contributed by atoms with Gasteiger partial charge in [-0.1, -0.05) is 46.1 Å². The molecule has 1 heterocycles. The van der Waals surface area contributed by atoms with E-state index in [0.29, 0.717) is 12.1 Å². The molecule has 4 heteroatoms. The van der Waals surface area contributed by atoms with Crippen LogP contribution in [0.3, 0.4) is 0 Å². The molecule has 0 saturated carbocycles. The van der Waals surface area contributed by atoms with E-state index in [1.807, 2.05) is 34.9 Å². The first-order valence-electron chi connectivity index (χ1n) is 8.16. The number of aromatic nitrogens is 1. The second-order valence-corrected chi connectivity index (χ2v) is 7.12. The number of fused-ring (bicyclic) bond motifs is 1. The fourth-order valence-corrected chi connectivity index (χ4v) is 2.53. The van der Waals surface area contributed by atoms with E-state index in [-0.39, 0.29) is 5.41 Å². The van der Waals surface area contributed by atoms with E-state index >= 15 is 0 Å². The van der Waals surface area contributed by atoms with Gasteiger partial charge in [0.2, 0.25) is 0 Å². The molecule has 0 aliphatic rings. The van der Waals surface area contributed by atoms with Gasteiger partial charge in [-0.15, -0.1) is 0 Å². The van der Waals surface area contributed by atoms with Gasteiger partial charge in [-0.05, 0) is 28.7 Å². The number of benzene rings is 1. The van der Waals surface area contributed by atoms with Crippen molar-refractivity contribution in [2.24, 2.45) is 11.1 Å². The number of ether oxygens (including phenoxy) is 1. The van der Waals surface area contributed by atoms with E-state index in [4.69, 9.17) is 10.5 Å². The van der Waals surface area contributed by atoms with Crippen LogP contribution in [0.2, 0.25) is 0 Å². The molecular formula is C21H26N2O2. The average molecular weight is 338 g/mol. The van der Waals surface area contributed by atoms with Crippen molar-refractivity contribution >= 4 is 16.8 Å². The largest absolute Gasteiger partial charge is 0.497 e. The van der Waals surface area contributed by atoms with Crippen LogP contribution in [0.15, 0.2) is 60.9 Å². The maximum Gasteiger partial charge on any atom is 0.250 e. The van der Waals surface area contributed by atoms with Crippen molar-refractivity contribution in [1.29, 1.82) is 0 Å². The van der Waals surface area contributed by atoms with Crippen LogP contribution in [0.4, 0.5) is 0 Å². The van der Waals surface area contributed by atoms with Crippen molar-refractivity contribution in [3.05, 3.63) is 66.4 Å². The standard InChI is InChI=1S/C21H26N2O2/c1-7-15(10-14(2)21(3,4)5)12-23-13-18(20(22)24)17-9-8-16(25-6)11-19(17)23/h7-11,13H,1-2,12H2,3-6H3,(H2,22,24)/b15-10+. The summed E-state index contributed by atoms with van der Waals surface area (Å²) in [5, 5.41) is 0.811. The van der Waals surface area contributed by atoms with Gasteiger partial charge in [-0.3, -0.25) is 4.79 Å². The van der Waals surface area contributed by atoms with Crippen molar-refractivity contribution < 1.29 is 9.53 Å². The lowest BCUT2D eigenvalue weighted by Crippen LogP contribution is -2.10. The Morgan fingerprint density at radius 1 is 1.36 bits per heavy atom. The molecule has 0 spiro atoms. The average Bonchev–Trinajstić information content (AvgIpc) is 2.91. The minimum Gasteiger partial charge on any atom is -0.497 e. The molecule has 2 N–H and O–H groups in total. The molecule has 0 bridgehead atoms. The predicted molar refractivity (Wildman–Crippen MR) is 104 cm³/mol. The van der Waals surface area contributed by atoms with Crippen LogP contribution >= 0.6 is 0 Å². The number of carbonyl (C=O) groups excluding carboxylic acids is 1. The van der Waals surface area contributed by atoms with Crippen LogP contribution < -0.4 is 10.5 Å². The maximum atomic E-state index is 11.8. The lowest BCUT2D eigenvalue weighted by atomic mass is 9.86. The van der Waals surface area contributed by atoms with E-state index < -0.39 is 5.91 Å². The molecule has 4 nitrogen and oxygen atoms in total. The molecule has 1 aromatic carbocycles. The molecule has 2 aromatic rings. The third-order valence-electron chi connectivity index (χ3n) is 4.29. The van der Waals surface area contributed by atoms with Gasteiger partial charge >= 0.3 is 0 Å². The molecule has 0 saturated heterocycles. The molecular weight excluding hydrogens is 312 g/mol. The number of hydrogen-bond donors (Lipinski definition) is 1. The zero-order valence-electron chi connectivity index (χ0n) is 15.4. The van der Waals surface area contributed by atoms with Crippen molar-refractivity contribution in [2.75, 3.05) is 7.11 Å². The monoisotopic (exact) mass is 338 g/mol. The quantitative estimate of drug-likeness (QED) is 0.790. The van der Waals surface area contributed by atoms with E-state index in [9.17, 15) is 4.79 Å². The number of hydrogen-bond acceptors (Lipinski definition) is 2. The molecule has 0 radical (unpaired) electrons. The highest BCUT2D eigenvalue weighted by molar-refractivity contribution is 6.06. The van der Waals surface area contributed by atoms with Gasteiger partial charge in [-0.25, -0.2) is 0 Å². The van der Waals surface area contributed by atoms with Crippen molar-refractivity contribution in [3.63, 3.8) is 0 Å². The van der Waals surface area contributed by atoms with Gasteiger partial charge in [-0.2, -0.15) is 0 Å². The number of methoxy groups -OCH3 is 1. The lowest BCUT2D eigenvalue weighted by Gasteiger charge is -2.20. The Labute approximate surface area is 149 Å². The van der Waals surface area contributed by atoms with Crippen LogP contribution in [0.25, 0.3) is 10.9 Å². The number of rotatable bonds is 6. The fourth-order valence-electron chi connectivity index (χ4n) is 2.53. The number of nitrogens with zero attached hydrogens (tertiary/aromatic N) is 1. The molecule has 0 fully saturated rings. The molecule has 0 aliphatic heterocycles. The smallest absolute Gasteiger partial charge is 0.250 e. The Kier molecular flexibility index (Phi) is 5.21. The molecule has 2 rings (SSSR count). The van der Waals surface area contributed by atoms with Gasteiger partial charge in [0.05, 0.1) is 18.2 Å². The molecule has 132 valence electrons. The second-order valence-electron chi connectivity index (χ2n) is 7.12. The Morgan fingerprint density at radius 3 is 2.56 bits per heavy atom. The number of allylic oxidation sites excluding steroid dienone is 4. The maximum absolute atomic E-state index is 11.8. The number of amides is 1. The number of primary amides is 1. The summed E-state index contributed by atoms with van der Waals surface area (Å²) in [6, 6.07) is 5.59. The van der Waals surface area contributed by atoms with E-state index in [1.54, 1.807) is 13.3 Å². The molecule has 1 amide bonds. The zero-order valence-corrected chi connectivity index (χ0v) is 15.4. The first-order valence-corrected chi connectivity index (χ1v) is 8.16. The van der Waals surface area contributed by atoms with Crippen molar-refractivity contribution in [1.82, 2.24) is 4.57 Å². The van der Waals surface area contributed by atoms with Gasteiger partial charge in [0.25, 0.3) is 5.91 Å². The highest BCUT2D eigenvalue weighted by Gasteiger charge is 2.16. The summed E-state index contributed by atoms with van der Waals surface area (Å²) in [5.41, 5.74) is 8.93. The Morgan fingerprint density at radius 2 is 2.04 bits per heavy atom. The summed E-state index contributed by atoms with van der Waals surface area (Å²) in [6.07, 6.45) is 5.64. The minimum atomic E-state index is -0.447. The van der Waals surface area contributed by atoms with Crippen molar-refractivity contribution in [3.8, 4) is 5.75 Å². The Bertz CT molecular complexity index is 864. The summed E-state index contributed by atoms with van der Waals surface area (Å²) in [6.45, 7) is 15.0. The molecule has 25 heavy (non-hydrogen) atoms. The third-order valence-corrected chi connectivity index (χ3v) is 4.29. The summed E-state index contributed by atoms with van der Waals surface area (Å²) in [4.78, 5) is 11.8. The van der Waals surface area contributed by atoms with Gasteiger partial charge in [0, 0.05) is 24.2 Å². The third kappa shape index (κ3) is 4.02. The topological polar surface area (TPSA) is 57.2 Å². The predicted octanol–water partition coefficient (Wildman–Crippen LogP) is 4.46. The second kappa shape index (κ2) is 7.01. The van der Waals surface area contributed by atoms with Gasteiger partial charge in [0.15, 0.2) is 0 Å². The number of carbonyl (C=O) groups is 1. The van der Waals surface area contributed by atoms with Crippen LogP contribution in [0.5, 0.6) is 5.75 Å². The number of nitrogens with two attached hydrogens (primary N) is 1. The van der Waals surface area contributed by atoms with Gasteiger partial charge < -0.3 is 15.0 Å². The fraction of sp³-hybridized carbons (Fsp3) is 0.286. The Hall–Kier alpha value is -2.75. The Balaban J connectivity index is 2.52. The summed E-state index contributed by atoms with van der Waals surface area (Å²) < 4.78 is 7.30. The highest BCUT2D eigenvalue weighted by Crippen LogP contribution is 2.28. The summed E-state index contributed by atoms with van der Waals surface area (Å²) >= 11 is 0. The molecule has 1 aromatic heterocycles. The summed E-state index contributed by atoms with van der Waals surface area (Å²) in [7, 11) is 1.62. The molecule has 0 atom stereocenters. The van der Waals surface area contributed by atoms with E-state index in [1.165, 1.54) is 0 Å². The molecule has 0 aliphatic carbocycles. The van der Waals surface area contributed by atoms with Crippen LogP contribution in [-0.4, -0.2) is 17.6 Å². The van der Waals surface area contributed by atoms with E-state index in [2.05, 4.69) is 33.9 Å². The summed E-state index contributed by atoms with van der Waals surface area (Å²) in [5.74, 6) is 0.281. The van der Waals surface area contributed by atoms with Gasteiger partial charge in [0.1, 0.15) is 5.75 Å². The first kappa shape index (κ1) is 18.6. The zero-order chi connectivity index (χ0) is 18.8. The van der Waals surface area contributed by atoms with Crippen LogP contribution in [-0.2, 0) is 6.54 Å². The minimum absolute atomic E-state index is 0.0192. The van der Waals surface area contributed by atoms with Crippen LogP contribution in [0.1, 0.15) is 31.1 Å². The lowest BCUT2D eigenvalue weighted by molar-refractivity contribution is 0.100.